The largest absolute Gasteiger partial charge is 0.264 e. The van der Waals surface area contributed by atoms with Crippen LogP contribution in [0, 0.1) is 0 Å². The Labute approximate surface area is 70.5 Å². The molecular weight excluding hydrogens is 150 g/mol. The molecule has 59 valence electrons. The second kappa shape index (κ2) is 2.91. The molecule has 2 aromatic rings. The zero-order valence-corrected chi connectivity index (χ0v) is 6.53. The van der Waals surface area contributed by atoms with Gasteiger partial charge in [-0.25, -0.2) is 5.11 Å². The van der Waals surface area contributed by atoms with Gasteiger partial charge in [0.05, 0.1) is 0 Å². The summed E-state index contributed by atoms with van der Waals surface area (Å²) >= 11 is 0. The Morgan fingerprint density at radius 2 is 2.08 bits per heavy atom. The molecule has 1 aromatic carbocycles. The fourth-order valence-corrected chi connectivity index (χ4v) is 1.22. The molecule has 2 nitrogen and oxygen atoms in total. The minimum Gasteiger partial charge on any atom is -0.264 e. The van der Waals surface area contributed by atoms with Crippen LogP contribution >= 0.6 is 0 Å². The van der Waals surface area contributed by atoms with Crippen LogP contribution in [0.1, 0.15) is 5.56 Å². The van der Waals surface area contributed by atoms with Crippen LogP contribution in [-0.2, 0) is 11.7 Å². The van der Waals surface area contributed by atoms with E-state index in [4.69, 9.17) is 0 Å². The van der Waals surface area contributed by atoms with Crippen LogP contribution in [0.15, 0.2) is 36.7 Å². The maximum absolute atomic E-state index is 10.6. The Morgan fingerprint density at radius 1 is 1.17 bits per heavy atom. The number of nitrogens with zero attached hydrogens (tertiary/aromatic N) is 1. The minimum atomic E-state index is -0.155. The third-order valence-electron chi connectivity index (χ3n) is 1.87. The van der Waals surface area contributed by atoms with Crippen LogP contribution < -0.4 is 0 Å². The van der Waals surface area contributed by atoms with Crippen molar-refractivity contribution in [1.29, 1.82) is 0 Å². The van der Waals surface area contributed by atoms with E-state index in [-0.39, 0.29) is 6.61 Å². The van der Waals surface area contributed by atoms with E-state index >= 15 is 0 Å². The third kappa shape index (κ3) is 1.17. The molecule has 0 aliphatic rings. The number of rotatable bonds is 1. The van der Waals surface area contributed by atoms with Gasteiger partial charge >= 0.3 is 0 Å². The topological polar surface area (TPSA) is 32.8 Å². The molecule has 0 aliphatic carbocycles. The van der Waals surface area contributed by atoms with Gasteiger partial charge < -0.3 is 0 Å². The lowest BCUT2D eigenvalue weighted by Gasteiger charge is -1.97. The van der Waals surface area contributed by atoms with Crippen molar-refractivity contribution in [2.24, 2.45) is 0 Å². The summed E-state index contributed by atoms with van der Waals surface area (Å²) in [6, 6.07) is 7.59. The van der Waals surface area contributed by atoms with E-state index in [9.17, 15) is 5.11 Å². The van der Waals surface area contributed by atoms with Crippen LogP contribution in [0.25, 0.3) is 10.8 Å². The molecule has 0 spiro atoms. The third-order valence-corrected chi connectivity index (χ3v) is 1.87. The number of pyridine rings is 1. The van der Waals surface area contributed by atoms with Gasteiger partial charge in [-0.2, -0.15) is 0 Å². The van der Waals surface area contributed by atoms with Gasteiger partial charge in [-0.15, -0.1) is 0 Å². The van der Waals surface area contributed by atoms with Crippen LogP contribution in [0.5, 0.6) is 0 Å². The van der Waals surface area contributed by atoms with E-state index in [0.717, 1.165) is 16.3 Å². The normalized spacial score (nSPS) is 10.4. The predicted octanol–water partition coefficient (Wildman–Crippen LogP) is 2.17. The van der Waals surface area contributed by atoms with Gasteiger partial charge in [0.25, 0.3) is 0 Å². The summed E-state index contributed by atoms with van der Waals surface area (Å²) in [5, 5.41) is 12.7. The van der Waals surface area contributed by atoms with Gasteiger partial charge in [0.1, 0.15) is 6.61 Å². The van der Waals surface area contributed by atoms with Crippen LogP contribution in [-0.4, -0.2) is 4.98 Å². The van der Waals surface area contributed by atoms with Crippen LogP contribution in [0.3, 0.4) is 0 Å². The van der Waals surface area contributed by atoms with E-state index in [1.807, 2.05) is 24.3 Å². The summed E-state index contributed by atoms with van der Waals surface area (Å²) in [5.74, 6) is 0. The fourth-order valence-electron chi connectivity index (χ4n) is 1.22. The van der Waals surface area contributed by atoms with Crippen molar-refractivity contribution in [2.75, 3.05) is 0 Å². The highest BCUT2D eigenvalue weighted by atomic mass is 16.3. The Bertz CT molecular complexity index is 398. The fraction of sp³-hybridized carbons (Fsp3) is 0.100. The van der Waals surface area contributed by atoms with Crippen molar-refractivity contribution in [2.45, 2.75) is 6.61 Å². The van der Waals surface area contributed by atoms with Gasteiger partial charge in [0.15, 0.2) is 0 Å². The molecule has 0 atom stereocenters. The summed E-state index contributed by atoms with van der Waals surface area (Å²) in [7, 11) is 0. The zero-order valence-electron chi connectivity index (χ0n) is 6.53. The van der Waals surface area contributed by atoms with E-state index < -0.39 is 0 Å². The van der Waals surface area contributed by atoms with Gasteiger partial charge in [-0.1, -0.05) is 12.1 Å². The average Bonchev–Trinajstić information content (AvgIpc) is 2.17. The molecule has 0 fully saturated rings. The monoisotopic (exact) mass is 158 g/mol. The van der Waals surface area contributed by atoms with E-state index in [1.165, 1.54) is 0 Å². The second-order valence-electron chi connectivity index (χ2n) is 2.70. The van der Waals surface area contributed by atoms with Crippen molar-refractivity contribution in [3.05, 3.63) is 42.2 Å². The molecule has 0 N–H and O–H groups in total. The van der Waals surface area contributed by atoms with Gasteiger partial charge in [0.2, 0.25) is 0 Å². The highest BCUT2D eigenvalue weighted by molar-refractivity contribution is 5.81. The molecule has 12 heavy (non-hydrogen) atoms. The van der Waals surface area contributed by atoms with Crippen LogP contribution in [0.2, 0.25) is 0 Å². The first-order valence-electron chi connectivity index (χ1n) is 3.81. The smallest absolute Gasteiger partial charge is 0.107 e. The zero-order chi connectivity index (χ0) is 8.39. The van der Waals surface area contributed by atoms with E-state index in [0.29, 0.717) is 0 Å². The van der Waals surface area contributed by atoms with Gasteiger partial charge in [0, 0.05) is 17.8 Å². The molecule has 0 bridgehead atoms. The highest BCUT2D eigenvalue weighted by Gasteiger charge is 1.94. The Morgan fingerprint density at radius 3 is 2.92 bits per heavy atom. The lowest BCUT2D eigenvalue weighted by molar-refractivity contribution is 0.177. The number of aromatic nitrogens is 1. The lowest BCUT2D eigenvalue weighted by atomic mass is 10.1. The first kappa shape index (κ1) is 7.25. The Kier molecular flexibility index (Phi) is 1.76. The molecule has 2 heteroatoms. The van der Waals surface area contributed by atoms with Gasteiger partial charge in [-0.3, -0.25) is 4.98 Å². The average molecular weight is 158 g/mol. The van der Waals surface area contributed by atoms with Crippen LogP contribution in [0.4, 0.5) is 0 Å². The Balaban J connectivity index is 2.67. The molecule has 0 unspecified atom stereocenters. The molecular formula is C10H8NO. The quantitative estimate of drug-likeness (QED) is 0.626. The summed E-state index contributed by atoms with van der Waals surface area (Å²) in [5.41, 5.74) is 0.828. The number of hydrogen-bond acceptors (Lipinski definition) is 1. The summed E-state index contributed by atoms with van der Waals surface area (Å²) in [6.07, 6.45) is 3.53. The molecule has 0 aliphatic heterocycles. The van der Waals surface area contributed by atoms with Crippen molar-refractivity contribution < 1.29 is 5.11 Å². The van der Waals surface area contributed by atoms with Gasteiger partial charge in [-0.05, 0) is 23.1 Å². The SMILES string of the molecule is [O]Cc1ccc2cnccc2c1. The second-order valence-corrected chi connectivity index (χ2v) is 2.70. The van der Waals surface area contributed by atoms with E-state index in [1.54, 1.807) is 12.4 Å². The minimum absolute atomic E-state index is 0.155. The molecule has 2 rings (SSSR count). The highest BCUT2D eigenvalue weighted by Crippen LogP contribution is 2.14. The Hall–Kier alpha value is -1.41. The van der Waals surface area contributed by atoms with E-state index in [2.05, 4.69) is 4.98 Å². The predicted molar refractivity (Wildman–Crippen MR) is 46.1 cm³/mol. The summed E-state index contributed by atoms with van der Waals surface area (Å²) in [6.45, 7) is -0.155. The first-order valence-corrected chi connectivity index (χ1v) is 3.81. The van der Waals surface area contributed by atoms with Crippen molar-refractivity contribution in [3.8, 4) is 0 Å². The van der Waals surface area contributed by atoms with Crippen molar-refractivity contribution >= 4 is 10.8 Å². The number of benzene rings is 1. The molecule has 0 amide bonds. The maximum Gasteiger partial charge on any atom is 0.107 e. The standard InChI is InChI=1S/C10H8NO/c12-7-8-1-2-10-6-11-4-3-9(10)5-8/h1-6H,7H2. The molecule has 1 aromatic heterocycles. The first-order chi connectivity index (χ1) is 5.90. The molecule has 0 saturated carbocycles. The lowest BCUT2D eigenvalue weighted by Crippen LogP contribution is -1.81. The molecule has 1 heterocycles. The summed E-state index contributed by atoms with van der Waals surface area (Å²) < 4.78 is 0. The number of hydrogen-bond donors (Lipinski definition) is 0. The van der Waals surface area contributed by atoms with Crippen molar-refractivity contribution in [3.63, 3.8) is 0 Å². The molecule has 1 radical (unpaired) electrons. The number of fused-ring (bicyclic) bond motifs is 1. The maximum atomic E-state index is 10.6. The summed E-state index contributed by atoms with van der Waals surface area (Å²) in [4.78, 5) is 3.99. The van der Waals surface area contributed by atoms with Crippen molar-refractivity contribution in [1.82, 2.24) is 4.98 Å². The molecule has 0 saturated heterocycles.